The number of rotatable bonds is 8. The average molecular weight is 254 g/mol. The quantitative estimate of drug-likeness (QED) is 0.724. The molecule has 0 unspecified atom stereocenters. The first-order valence-electron chi connectivity index (χ1n) is 7.40. The number of carbonyl (C=O) groups is 1. The molecular weight excluding hydrogens is 224 g/mol. The number of nitrogens with zero attached hydrogens (tertiary/aromatic N) is 1. The maximum Gasteiger partial charge on any atom is 0.230 e. The Bertz CT molecular complexity index is 258. The van der Waals surface area contributed by atoms with Crippen LogP contribution in [-0.4, -0.2) is 30.4 Å². The molecule has 18 heavy (non-hydrogen) atoms. The smallest absolute Gasteiger partial charge is 0.230 e. The zero-order valence-corrected chi connectivity index (χ0v) is 12.5. The third-order valence-electron chi connectivity index (χ3n) is 3.94. The molecule has 1 aliphatic carbocycles. The van der Waals surface area contributed by atoms with E-state index in [9.17, 15) is 4.79 Å². The van der Waals surface area contributed by atoms with Gasteiger partial charge in [-0.2, -0.15) is 0 Å². The van der Waals surface area contributed by atoms with Crippen LogP contribution in [0.2, 0.25) is 0 Å². The highest BCUT2D eigenvalue weighted by molar-refractivity contribution is 5.85. The summed E-state index contributed by atoms with van der Waals surface area (Å²) in [6.45, 7) is 11.1. The molecule has 0 aromatic rings. The number of carbonyl (C=O) groups excluding carboxylic acids is 1. The predicted molar refractivity (Wildman–Crippen MR) is 76.2 cm³/mol. The fraction of sp³-hybridized carbons (Fsp3) is 0.933. The maximum atomic E-state index is 12.5. The van der Waals surface area contributed by atoms with Gasteiger partial charge in [0.05, 0.1) is 5.41 Å². The highest BCUT2D eigenvalue weighted by Gasteiger charge is 2.50. The summed E-state index contributed by atoms with van der Waals surface area (Å²) in [7, 11) is 0. The van der Waals surface area contributed by atoms with Crippen LogP contribution in [0.1, 0.15) is 53.4 Å². The molecule has 2 N–H and O–H groups in total. The SMILES string of the molecule is CC(C)CCN(CCC(C)C)C(=O)C1(CN)CC1. The van der Waals surface area contributed by atoms with Crippen molar-refractivity contribution in [1.29, 1.82) is 0 Å². The summed E-state index contributed by atoms with van der Waals surface area (Å²) < 4.78 is 0. The standard InChI is InChI=1S/C15H30N2O/c1-12(2)5-9-17(10-6-13(3)4)14(18)15(11-16)7-8-15/h12-13H,5-11,16H2,1-4H3. The summed E-state index contributed by atoms with van der Waals surface area (Å²) in [5.41, 5.74) is 5.59. The first-order valence-corrected chi connectivity index (χ1v) is 7.40. The Labute approximate surface area is 112 Å². The van der Waals surface area contributed by atoms with E-state index in [4.69, 9.17) is 5.73 Å². The zero-order valence-electron chi connectivity index (χ0n) is 12.5. The van der Waals surface area contributed by atoms with Crippen LogP contribution in [0.4, 0.5) is 0 Å². The summed E-state index contributed by atoms with van der Waals surface area (Å²) in [6, 6.07) is 0. The van der Waals surface area contributed by atoms with Gasteiger partial charge in [0, 0.05) is 19.6 Å². The molecule has 1 saturated carbocycles. The van der Waals surface area contributed by atoms with Gasteiger partial charge in [0.15, 0.2) is 0 Å². The van der Waals surface area contributed by atoms with Crippen LogP contribution in [-0.2, 0) is 4.79 Å². The minimum atomic E-state index is -0.187. The average Bonchev–Trinajstić information content (AvgIpc) is 3.08. The van der Waals surface area contributed by atoms with Crippen LogP contribution in [0.5, 0.6) is 0 Å². The molecule has 1 aliphatic rings. The Morgan fingerprint density at radius 1 is 1.11 bits per heavy atom. The lowest BCUT2D eigenvalue weighted by molar-refractivity contribution is -0.137. The Hall–Kier alpha value is -0.570. The monoisotopic (exact) mass is 254 g/mol. The van der Waals surface area contributed by atoms with E-state index in [0.29, 0.717) is 24.3 Å². The lowest BCUT2D eigenvalue weighted by Crippen LogP contribution is -2.42. The van der Waals surface area contributed by atoms with Gasteiger partial charge < -0.3 is 10.6 Å². The van der Waals surface area contributed by atoms with E-state index in [1.807, 2.05) is 0 Å². The lowest BCUT2D eigenvalue weighted by Gasteiger charge is -2.28. The summed E-state index contributed by atoms with van der Waals surface area (Å²) >= 11 is 0. The molecule has 1 amide bonds. The van der Waals surface area contributed by atoms with Gasteiger partial charge >= 0.3 is 0 Å². The molecule has 0 aliphatic heterocycles. The topological polar surface area (TPSA) is 46.3 Å². The zero-order chi connectivity index (χ0) is 13.8. The van der Waals surface area contributed by atoms with E-state index in [2.05, 4.69) is 32.6 Å². The van der Waals surface area contributed by atoms with E-state index >= 15 is 0 Å². The van der Waals surface area contributed by atoms with E-state index < -0.39 is 0 Å². The van der Waals surface area contributed by atoms with Crippen LogP contribution in [0.15, 0.2) is 0 Å². The number of nitrogens with two attached hydrogens (primary N) is 1. The van der Waals surface area contributed by atoms with Gasteiger partial charge in [0.25, 0.3) is 0 Å². The Morgan fingerprint density at radius 3 is 1.83 bits per heavy atom. The van der Waals surface area contributed by atoms with Crippen molar-refractivity contribution in [2.75, 3.05) is 19.6 Å². The van der Waals surface area contributed by atoms with Gasteiger partial charge in [-0.05, 0) is 37.5 Å². The molecule has 3 nitrogen and oxygen atoms in total. The summed E-state index contributed by atoms with van der Waals surface area (Å²) in [5.74, 6) is 1.60. The minimum absolute atomic E-state index is 0.187. The lowest BCUT2D eigenvalue weighted by atomic mass is 10.0. The van der Waals surface area contributed by atoms with E-state index in [0.717, 1.165) is 38.8 Å². The number of amides is 1. The van der Waals surface area contributed by atoms with E-state index in [1.54, 1.807) is 0 Å². The van der Waals surface area contributed by atoms with Crippen LogP contribution in [0.25, 0.3) is 0 Å². The first-order chi connectivity index (χ1) is 8.41. The van der Waals surface area contributed by atoms with Crippen molar-refractivity contribution in [2.45, 2.75) is 53.4 Å². The van der Waals surface area contributed by atoms with Crippen molar-refractivity contribution in [2.24, 2.45) is 23.0 Å². The van der Waals surface area contributed by atoms with E-state index in [-0.39, 0.29) is 5.41 Å². The second kappa shape index (κ2) is 6.55. The second-order valence-electron chi connectivity index (χ2n) is 6.64. The van der Waals surface area contributed by atoms with Crippen molar-refractivity contribution in [3.8, 4) is 0 Å². The molecular formula is C15H30N2O. The third-order valence-corrected chi connectivity index (χ3v) is 3.94. The van der Waals surface area contributed by atoms with Gasteiger partial charge in [-0.25, -0.2) is 0 Å². The van der Waals surface area contributed by atoms with Crippen LogP contribution in [0.3, 0.4) is 0 Å². The fourth-order valence-corrected chi connectivity index (χ4v) is 2.13. The molecule has 1 fully saturated rings. The van der Waals surface area contributed by atoms with Crippen LogP contribution in [0, 0.1) is 17.3 Å². The van der Waals surface area contributed by atoms with Crippen molar-refractivity contribution in [3.63, 3.8) is 0 Å². The van der Waals surface area contributed by atoms with Crippen molar-refractivity contribution in [1.82, 2.24) is 4.90 Å². The molecule has 0 heterocycles. The maximum absolute atomic E-state index is 12.5. The van der Waals surface area contributed by atoms with Crippen LogP contribution >= 0.6 is 0 Å². The van der Waals surface area contributed by atoms with Gasteiger partial charge in [0.1, 0.15) is 0 Å². The normalized spacial score (nSPS) is 17.3. The van der Waals surface area contributed by atoms with Gasteiger partial charge in [-0.15, -0.1) is 0 Å². The summed E-state index contributed by atoms with van der Waals surface area (Å²) in [6.07, 6.45) is 4.15. The molecule has 0 spiro atoms. The van der Waals surface area contributed by atoms with E-state index in [1.165, 1.54) is 0 Å². The highest BCUT2D eigenvalue weighted by Crippen LogP contribution is 2.46. The van der Waals surface area contributed by atoms with Crippen molar-refractivity contribution >= 4 is 5.91 Å². The number of hydrogen-bond donors (Lipinski definition) is 1. The highest BCUT2D eigenvalue weighted by atomic mass is 16.2. The molecule has 0 aromatic carbocycles. The Kier molecular flexibility index (Phi) is 5.64. The summed E-state index contributed by atoms with van der Waals surface area (Å²) in [5, 5.41) is 0. The molecule has 0 aromatic heterocycles. The van der Waals surface area contributed by atoms with Crippen LogP contribution < -0.4 is 5.73 Å². The van der Waals surface area contributed by atoms with Crippen molar-refractivity contribution < 1.29 is 4.79 Å². The molecule has 106 valence electrons. The second-order valence-corrected chi connectivity index (χ2v) is 6.64. The Balaban J connectivity index is 2.55. The number of hydrogen-bond acceptors (Lipinski definition) is 2. The summed E-state index contributed by atoms with van der Waals surface area (Å²) in [4.78, 5) is 14.6. The van der Waals surface area contributed by atoms with Crippen molar-refractivity contribution in [3.05, 3.63) is 0 Å². The molecule has 1 rings (SSSR count). The van der Waals surface area contributed by atoms with Gasteiger partial charge in [-0.1, -0.05) is 27.7 Å². The van der Waals surface area contributed by atoms with Gasteiger partial charge in [-0.3, -0.25) is 4.79 Å². The predicted octanol–water partition coefficient (Wildman–Crippen LogP) is 2.65. The molecule has 3 heteroatoms. The first kappa shape index (κ1) is 15.5. The molecule has 0 bridgehead atoms. The molecule has 0 radical (unpaired) electrons. The molecule has 0 saturated heterocycles. The molecule has 0 atom stereocenters. The van der Waals surface area contributed by atoms with Gasteiger partial charge in [0.2, 0.25) is 5.91 Å². The largest absolute Gasteiger partial charge is 0.342 e. The Morgan fingerprint density at radius 2 is 1.56 bits per heavy atom. The fourth-order valence-electron chi connectivity index (χ4n) is 2.13. The minimum Gasteiger partial charge on any atom is -0.342 e. The third kappa shape index (κ3) is 4.27.